The van der Waals surface area contributed by atoms with Gasteiger partial charge in [-0.15, -0.1) is 0 Å². The Bertz CT molecular complexity index is 680. The van der Waals surface area contributed by atoms with Gasteiger partial charge in [0.15, 0.2) is 11.6 Å². The molecule has 2 saturated heterocycles. The summed E-state index contributed by atoms with van der Waals surface area (Å²) in [4.78, 5) is 0. The highest BCUT2D eigenvalue weighted by molar-refractivity contribution is 5.45. The molecule has 0 unspecified atom stereocenters. The van der Waals surface area contributed by atoms with E-state index < -0.39 is 0 Å². The Morgan fingerprint density at radius 3 is 2.50 bits per heavy atom. The average Bonchev–Trinajstić information content (AvgIpc) is 3.37. The molecule has 2 aliphatic heterocycles. The lowest BCUT2D eigenvalue weighted by atomic mass is 9.58. The van der Waals surface area contributed by atoms with E-state index in [1.807, 2.05) is 0 Å². The first-order valence-electron chi connectivity index (χ1n) is 10.6. The summed E-state index contributed by atoms with van der Waals surface area (Å²) in [5.41, 5.74) is 5.08. The summed E-state index contributed by atoms with van der Waals surface area (Å²) < 4.78 is 24.5. The molecule has 0 bridgehead atoms. The normalized spacial score (nSPS) is 42.7. The minimum absolute atomic E-state index is 0.142. The molecule has 4 aliphatic carbocycles. The van der Waals surface area contributed by atoms with Crippen LogP contribution in [0.2, 0.25) is 0 Å². The van der Waals surface area contributed by atoms with Gasteiger partial charge in [-0.2, -0.15) is 0 Å². The summed E-state index contributed by atoms with van der Waals surface area (Å²) in [6, 6.07) is 0. The maximum atomic E-state index is 6.23. The van der Waals surface area contributed by atoms with Crippen LogP contribution in [-0.4, -0.2) is 38.0 Å². The summed E-state index contributed by atoms with van der Waals surface area (Å²) in [5.74, 6) is 0.790. The molecule has 0 radical (unpaired) electrons. The molecular formula is C22H30O4. The van der Waals surface area contributed by atoms with E-state index in [4.69, 9.17) is 18.9 Å². The summed E-state index contributed by atoms with van der Waals surface area (Å²) >= 11 is 0. The summed E-state index contributed by atoms with van der Waals surface area (Å²) in [5, 5.41) is 0. The van der Waals surface area contributed by atoms with Crippen LogP contribution in [-0.2, 0) is 18.9 Å². The second-order valence-corrected chi connectivity index (χ2v) is 9.39. The maximum absolute atomic E-state index is 6.23. The number of hydrogen-bond donors (Lipinski definition) is 0. The Labute approximate surface area is 155 Å². The molecule has 26 heavy (non-hydrogen) atoms. The molecule has 2 spiro atoms. The zero-order chi connectivity index (χ0) is 17.4. The fourth-order valence-corrected chi connectivity index (χ4v) is 7.18. The lowest BCUT2D eigenvalue weighted by Gasteiger charge is -2.50. The van der Waals surface area contributed by atoms with Gasteiger partial charge in [-0.05, 0) is 55.1 Å². The zero-order valence-corrected chi connectivity index (χ0v) is 15.9. The fraction of sp³-hybridized carbons (Fsp3) is 0.818. The third kappa shape index (κ3) is 1.99. The largest absolute Gasteiger partial charge is 0.347 e. The summed E-state index contributed by atoms with van der Waals surface area (Å²) in [7, 11) is 0. The minimum Gasteiger partial charge on any atom is -0.347 e. The molecule has 0 aromatic carbocycles. The molecule has 3 fully saturated rings. The first-order chi connectivity index (χ1) is 12.6. The Morgan fingerprint density at radius 1 is 0.923 bits per heavy atom. The van der Waals surface area contributed by atoms with Gasteiger partial charge >= 0.3 is 0 Å². The van der Waals surface area contributed by atoms with E-state index in [0.29, 0.717) is 11.8 Å². The number of ether oxygens (including phenoxy) is 4. The zero-order valence-electron chi connectivity index (χ0n) is 15.9. The third-order valence-electron chi connectivity index (χ3n) is 8.44. The Hall–Kier alpha value is -0.680. The van der Waals surface area contributed by atoms with Crippen molar-refractivity contribution >= 4 is 0 Å². The standard InChI is InChI=1S/C22H30O4/c1-20-7-4-17-16-5-8-21(23-10-11-24-21)14-15(16)2-3-18(17)19(20)6-9-22(20)25-12-13-26-22/h4,18-19H,2-3,5-14H2,1H3/t18-,19+,20+/m1/s1. The third-order valence-corrected chi connectivity index (χ3v) is 8.44. The highest BCUT2D eigenvalue weighted by Crippen LogP contribution is 2.64. The van der Waals surface area contributed by atoms with Gasteiger partial charge in [0.05, 0.1) is 26.4 Å². The highest BCUT2D eigenvalue weighted by Gasteiger charge is 2.64. The van der Waals surface area contributed by atoms with Crippen molar-refractivity contribution in [2.45, 2.75) is 69.9 Å². The summed E-state index contributed by atoms with van der Waals surface area (Å²) in [6.45, 7) is 5.48. The Balaban J connectivity index is 1.34. The monoisotopic (exact) mass is 358 g/mol. The van der Waals surface area contributed by atoms with Crippen LogP contribution < -0.4 is 0 Å². The van der Waals surface area contributed by atoms with Crippen LogP contribution in [0.25, 0.3) is 0 Å². The molecule has 4 heteroatoms. The molecule has 2 heterocycles. The predicted molar refractivity (Wildman–Crippen MR) is 96.4 cm³/mol. The van der Waals surface area contributed by atoms with Crippen LogP contribution in [0.3, 0.4) is 0 Å². The molecule has 0 aromatic rings. The molecule has 1 saturated carbocycles. The van der Waals surface area contributed by atoms with Gasteiger partial charge in [0.25, 0.3) is 0 Å². The maximum Gasteiger partial charge on any atom is 0.174 e. The van der Waals surface area contributed by atoms with Crippen molar-refractivity contribution in [1.82, 2.24) is 0 Å². The van der Waals surface area contributed by atoms with Crippen molar-refractivity contribution in [3.8, 4) is 0 Å². The van der Waals surface area contributed by atoms with Crippen molar-refractivity contribution < 1.29 is 18.9 Å². The van der Waals surface area contributed by atoms with Gasteiger partial charge in [-0.25, -0.2) is 0 Å². The second-order valence-electron chi connectivity index (χ2n) is 9.39. The van der Waals surface area contributed by atoms with E-state index in [1.165, 1.54) is 19.3 Å². The molecule has 6 rings (SSSR count). The topological polar surface area (TPSA) is 36.9 Å². The minimum atomic E-state index is -0.309. The fourth-order valence-electron chi connectivity index (χ4n) is 7.18. The average molecular weight is 358 g/mol. The first-order valence-corrected chi connectivity index (χ1v) is 10.6. The second kappa shape index (κ2) is 5.44. The number of rotatable bonds is 0. The quantitative estimate of drug-likeness (QED) is 0.653. The van der Waals surface area contributed by atoms with Crippen LogP contribution >= 0.6 is 0 Å². The van der Waals surface area contributed by atoms with Crippen LogP contribution in [0.15, 0.2) is 22.8 Å². The van der Waals surface area contributed by atoms with E-state index in [9.17, 15) is 0 Å². The van der Waals surface area contributed by atoms with E-state index in [-0.39, 0.29) is 17.0 Å². The van der Waals surface area contributed by atoms with Crippen molar-refractivity contribution in [3.05, 3.63) is 22.8 Å². The van der Waals surface area contributed by atoms with Crippen LogP contribution in [0.5, 0.6) is 0 Å². The van der Waals surface area contributed by atoms with Crippen LogP contribution in [0.1, 0.15) is 58.3 Å². The smallest absolute Gasteiger partial charge is 0.174 e. The van der Waals surface area contributed by atoms with Crippen molar-refractivity contribution in [2.24, 2.45) is 17.3 Å². The lowest BCUT2D eigenvalue weighted by Crippen LogP contribution is -2.49. The molecule has 6 aliphatic rings. The highest BCUT2D eigenvalue weighted by atomic mass is 16.7. The van der Waals surface area contributed by atoms with Gasteiger partial charge in [0.1, 0.15) is 0 Å². The molecule has 0 aromatic heterocycles. The van der Waals surface area contributed by atoms with Crippen LogP contribution in [0.4, 0.5) is 0 Å². The van der Waals surface area contributed by atoms with Crippen molar-refractivity contribution in [2.75, 3.05) is 26.4 Å². The van der Waals surface area contributed by atoms with Crippen molar-refractivity contribution in [3.63, 3.8) is 0 Å². The predicted octanol–water partition coefficient (Wildman–Crippen LogP) is 4.11. The van der Waals surface area contributed by atoms with Gasteiger partial charge < -0.3 is 18.9 Å². The van der Waals surface area contributed by atoms with E-state index in [2.05, 4.69) is 13.0 Å². The molecular weight excluding hydrogens is 328 g/mol. The van der Waals surface area contributed by atoms with Gasteiger partial charge in [0.2, 0.25) is 0 Å². The van der Waals surface area contributed by atoms with Crippen LogP contribution in [0, 0.1) is 17.3 Å². The molecule has 0 amide bonds. The SMILES string of the molecule is C[C@]12CC=C3C4=C(CC[C@H]3[C@@H]1CCC21OCCO1)CC1(CC4)OCCO1. The number of allylic oxidation sites excluding steroid dienone is 3. The molecule has 3 atom stereocenters. The molecule has 142 valence electrons. The van der Waals surface area contributed by atoms with E-state index in [0.717, 1.165) is 58.5 Å². The summed E-state index contributed by atoms with van der Waals surface area (Å²) in [6.07, 6.45) is 11.6. The number of hydrogen-bond acceptors (Lipinski definition) is 4. The van der Waals surface area contributed by atoms with Gasteiger partial charge in [0, 0.05) is 24.7 Å². The molecule has 0 N–H and O–H groups in total. The van der Waals surface area contributed by atoms with Gasteiger partial charge in [-0.3, -0.25) is 0 Å². The van der Waals surface area contributed by atoms with Crippen molar-refractivity contribution in [1.29, 1.82) is 0 Å². The molecule has 4 nitrogen and oxygen atoms in total. The Kier molecular flexibility index (Phi) is 3.41. The Morgan fingerprint density at radius 2 is 1.69 bits per heavy atom. The lowest BCUT2D eigenvalue weighted by molar-refractivity contribution is -0.227. The first kappa shape index (κ1) is 16.3. The van der Waals surface area contributed by atoms with E-state index in [1.54, 1.807) is 16.7 Å². The number of fused-ring (bicyclic) bond motifs is 5. The van der Waals surface area contributed by atoms with Gasteiger partial charge in [-0.1, -0.05) is 18.6 Å². The van der Waals surface area contributed by atoms with E-state index >= 15 is 0 Å².